The molecule has 1 N–H and O–H groups in total. The number of aryl methyl sites for hydroxylation is 2. The molecule has 1 unspecified atom stereocenters. The van der Waals surface area contributed by atoms with E-state index in [2.05, 4.69) is 5.43 Å². The van der Waals surface area contributed by atoms with Crippen LogP contribution in [0, 0.1) is 19.7 Å². The minimum atomic E-state index is -1.29. The van der Waals surface area contributed by atoms with Crippen molar-refractivity contribution in [3.8, 4) is 0 Å². The van der Waals surface area contributed by atoms with Gasteiger partial charge in [0.25, 0.3) is 17.7 Å². The zero-order valence-corrected chi connectivity index (χ0v) is 18.6. The molecule has 172 valence electrons. The molecule has 34 heavy (non-hydrogen) atoms. The molecule has 1 aliphatic rings. The number of rotatable bonds is 4. The lowest BCUT2D eigenvalue weighted by Crippen LogP contribution is -2.54. The maximum Gasteiger partial charge on any atom is 0.273 e. The molecule has 0 bridgehead atoms. The fourth-order valence-electron chi connectivity index (χ4n) is 3.77. The van der Waals surface area contributed by atoms with Crippen LogP contribution in [0.4, 0.5) is 10.1 Å². The van der Waals surface area contributed by atoms with Gasteiger partial charge in [-0.15, -0.1) is 0 Å². The Morgan fingerprint density at radius 2 is 1.62 bits per heavy atom. The standard InChI is InChI=1S/C26H22FN3O4/c1-16-9-11-18(12-10-16)24(32)28-30(25(33)19-6-4-7-20(27)14-19)22-15-23(31)29(26(22)34)21-8-3-5-17(2)13-21/h3-14,22H,15H2,1-2H3,(H,28,32). The zero-order chi connectivity index (χ0) is 24.4. The van der Waals surface area contributed by atoms with Gasteiger partial charge in [-0.1, -0.05) is 35.9 Å². The number of anilines is 1. The minimum Gasteiger partial charge on any atom is -0.274 e. The first-order valence-electron chi connectivity index (χ1n) is 10.6. The fraction of sp³-hybridized carbons (Fsp3) is 0.154. The Morgan fingerprint density at radius 1 is 0.912 bits per heavy atom. The van der Waals surface area contributed by atoms with Crippen LogP contribution in [0.25, 0.3) is 0 Å². The third-order valence-electron chi connectivity index (χ3n) is 5.52. The Hall–Kier alpha value is -4.33. The summed E-state index contributed by atoms with van der Waals surface area (Å²) >= 11 is 0. The lowest BCUT2D eigenvalue weighted by molar-refractivity contribution is -0.122. The van der Waals surface area contributed by atoms with Crippen LogP contribution in [0.1, 0.15) is 38.3 Å². The first-order valence-corrected chi connectivity index (χ1v) is 10.6. The van der Waals surface area contributed by atoms with E-state index in [1.54, 1.807) is 42.5 Å². The molecule has 8 heteroatoms. The summed E-state index contributed by atoms with van der Waals surface area (Å²) in [5.74, 6) is -3.27. The van der Waals surface area contributed by atoms with Crippen LogP contribution in [-0.4, -0.2) is 34.7 Å². The number of carbonyl (C=O) groups is 4. The topological polar surface area (TPSA) is 86.8 Å². The molecule has 4 rings (SSSR count). The summed E-state index contributed by atoms with van der Waals surface area (Å²) in [6.45, 7) is 3.69. The Morgan fingerprint density at radius 3 is 2.29 bits per heavy atom. The molecule has 1 heterocycles. The fourth-order valence-corrected chi connectivity index (χ4v) is 3.77. The summed E-state index contributed by atoms with van der Waals surface area (Å²) in [4.78, 5) is 53.4. The van der Waals surface area contributed by atoms with Crippen LogP contribution in [0.2, 0.25) is 0 Å². The Labute approximate surface area is 195 Å². The molecule has 4 amide bonds. The number of benzene rings is 3. The molecule has 0 saturated carbocycles. The van der Waals surface area contributed by atoms with Gasteiger partial charge in [0.15, 0.2) is 0 Å². The van der Waals surface area contributed by atoms with E-state index >= 15 is 0 Å². The number of hydrazine groups is 1. The van der Waals surface area contributed by atoms with E-state index in [-0.39, 0.29) is 17.5 Å². The van der Waals surface area contributed by atoms with Crippen molar-refractivity contribution in [3.05, 3.63) is 101 Å². The first kappa shape index (κ1) is 22.8. The Balaban J connectivity index is 1.69. The van der Waals surface area contributed by atoms with Crippen LogP contribution in [0.3, 0.4) is 0 Å². The monoisotopic (exact) mass is 459 g/mol. The van der Waals surface area contributed by atoms with E-state index < -0.39 is 35.5 Å². The molecule has 3 aromatic carbocycles. The lowest BCUT2D eigenvalue weighted by atomic mass is 10.1. The van der Waals surface area contributed by atoms with Gasteiger partial charge in [-0.25, -0.2) is 14.3 Å². The number of carbonyl (C=O) groups excluding carboxylic acids is 4. The Bertz CT molecular complexity index is 1290. The van der Waals surface area contributed by atoms with E-state index in [9.17, 15) is 23.6 Å². The normalized spacial score (nSPS) is 15.4. The second kappa shape index (κ2) is 9.27. The predicted molar refractivity (Wildman–Crippen MR) is 123 cm³/mol. The highest BCUT2D eigenvalue weighted by Gasteiger charge is 2.45. The van der Waals surface area contributed by atoms with Crippen LogP contribution in [0.5, 0.6) is 0 Å². The van der Waals surface area contributed by atoms with Gasteiger partial charge in [-0.2, -0.15) is 0 Å². The predicted octanol–water partition coefficient (Wildman–Crippen LogP) is 3.56. The van der Waals surface area contributed by atoms with Crippen molar-refractivity contribution in [2.45, 2.75) is 26.3 Å². The van der Waals surface area contributed by atoms with Crippen molar-refractivity contribution in [1.29, 1.82) is 0 Å². The first-order chi connectivity index (χ1) is 16.2. The molecule has 0 spiro atoms. The van der Waals surface area contributed by atoms with E-state index in [0.29, 0.717) is 5.69 Å². The van der Waals surface area contributed by atoms with Crippen molar-refractivity contribution in [2.24, 2.45) is 0 Å². The molecule has 7 nitrogen and oxygen atoms in total. The van der Waals surface area contributed by atoms with Crippen molar-refractivity contribution in [1.82, 2.24) is 10.4 Å². The highest BCUT2D eigenvalue weighted by molar-refractivity contribution is 6.23. The average Bonchev–Trinajstić information content (AvgIpc) is 3.10. The van der Waals surface area contributed by atoms with E-state index in [4.69, 9.17) is 0 Å². The smallest absolute Gasteiger partial charge is 0.273 e. The third kappa shape index (κ3) is 4.56. The quantitative estimate of drug-likeness (QED) is 0.478. The third-order valence-corrected chi connectivity index (χ3v) is 5.52. The molecule has 1 saturated heterocycles. The van der Waals surface area contributed by atoms with Crippen LogP contribution >= 0.6 is 0 Å². The second-order valence-corrected chi connectivity index (χ2v) is 8.12. The van der Waals surface area contributed by atoms with Gasteiger partial charge in [0, 0.05) is 11.1 Å². The Kier molecular flexibility index (Phi) is 6.23. The summed E-state index contributed by atoms with van der Waals surface area (Å²) in [6.07, 6.45) is -0.331. The highest BCUT2D eigenvalue weighted by atomic mass is 19.1. The van der Waals surface area contributed by atoms with Crippen molar-refractivity contribution >= 4 is 29.3 Å². The lowest BCUT2D eigenvalue weighted by Gasteiger charge is -2.28. The molecular weight excluding hydrogens is 437 g/mol. The molecular formula is C26H22FN3O4. The number of amides is 4. The number of nitrogens with one attached hydrogen (secondary N) is 1. The number of hydrogen-bond acceptors (Lipinski definition) is 4. The maximum atomic E-state index is 13.8. The largest absolute Gasteiger partial charge is 0.274 e. The van der Waals surface area contributed by atoms with Crippen LogP contribution in [-0.2, 0) is 9.59 Å². The van der Waals surface area contributed by atoms with Crippen LogP contribution in [0.15, 0.2) is 72.8 Å². The molecule has 1 aliphatic heterocycles. The molecule has 0 aliphatic carbocycles. The summed E-state index contributed by atoms with van der Waals surface area (Å²) in [7, 11) is 0. The minimum absolute atomic E-state index is 0.0709. The van der Waals surface area contributed by atoms with Crippen molar-refractivity contribution in [3.63, 3.8) is 0 Å². The summed E-state index contributed by atoms with van der Waals surface area (Å²) < 4.78 is 13.8. The summed E-state index contributed by atoms with van der Waals surface area (Å²) in [5, 5.41) is 0.826. The van der Waals surface area contributed by atoms with Gasteiger partial charge in [-0.3, -0.25) is 24.6 Å². The van der Waals surface area contributed by atoms with Gasteiger partial charge in [0.1, 0.15) is 11.9 Å². The average molecular weight is 459 g/mol. The van der Waals surface area contributed by atoms with E-state index in [1.165, 1.54) is 18.2 Å². The maximum absolute atomic E-state index is 13.8. The molecule has 1 fully saturated rings. The van der Waals surface area contributed by atoms with Gasteiger partial charge in [0.05, 0.1) is 12.1 Å². The van der Waals surface area contributed by atoms with E-state index in [1.807, 2.05) is 19.9 Å². The highest BCUT2D eigenvalue weighted by Crippen LogP contribution is 2.27. The van der Waals surface area contributed by atoms with Gasteiger partial charge in [-0.05, 0) is 61.9 Å². The summed E-state index contributed by atoms with van der Waals surface area (Å²) in [6, 6.07) is 17.1. The van der Waals surface area contributed by atoms with Gasteiger partial charge < -0.3 is 0 Å². The molecule has 0 radical (unpaired) electrons. The summed E-state index contributed by atoms with van der Waals surface area (Å²) in [5.41, 5.74) is 4.82. The van der Waals surface area contributed by atoms with Gasteiger partial charge >= 0.3 is 0 Å². The molecule has 1 atom stereocenters. The second-order valence-electron chi connectivity index (χ2n) is 8.12. The van der Waals surface area contributed by atoms with Crippen LogP contribution < -0.4 is 10.3 Å². The van der Waals surface area contributed by atoms with Gasteiger partial charge in [0.2, 0.25) is 5.91 Å². The number of hydrogen-bond donors (Lipinski definition) is 1. The van der Waals surface area contributed by atoms with Crippen molar-refractivity contribution in [2.75, 3.05) is 4.90 Å². The SMILES string of the molecule is Cc1ccc(C(=O)NN(C(=O)c2cccc(F)c2)C2CC(=O)N(c3cccc(C)c3)C2=O)cc1. The molecule has 0 aromatic heterocycles. The molecule has 3 aromatic rings. The zero-order valence-electron chi connectivity index (χ0n) is 18.6. The number of nitrogens with zero attached hydrogens (tertiary/aromatic N) is 2. The van der Waals surface area contributed by atoms with E-state index in [0.717, 1.165) is 27.1 Å². The number of imide groups is 1. The van der Waals surface area contributed by atoms with Crippen molar-refractivity contribution < 1.29 is 23.6 Å². The number of halogens is 1.